The number of para-hydroxylation sites is 1. The summed E-state index contributed by atoms with van der Waals surface area (Å²) in [4.78, 5) is 27.6. The SMILES string of the molecule is CCC[NH+](CCC)CCCNC(=O)N[C@@H]1CC(=O)N(c2ccccc2)C1. The second kappa shape index (κ2) is 10.8. The molecule has 2 rings (SSSR count). The van der Waals surface area contributed by atoms with Gasteiger partial charge in [0.05, 0.1) is 25.7 Å². The van der Waals surface area contributed by atoms with Gasteiger partial charge in [0, 0.05) is 31.6 Å². The quantitative estimate of drug-likeness (QED) is 0.548. The number of carbonyl (C=O) groups is 2. The van der Waals surface area contributed by atoms with Crippen molar-refractivity contribution in [2.75, 3.05) is 37.6 Å². The Hall–Kier alpha value is -2.08. The summed E-state index contributed by atoms with van der Waals surface area (Å²) in [7, 11) is 0. The molecule has 0 aliphatic carbocycles. The van der Waals surface area contributed by atoms with Crippen LogP contribution in [0.25, 0.3) is 0 Å². The van der Waals surface area contributed by atoms with E-state index in [9.17, 15) is 9.59 Å². The molecule has 26 heavy (non-hydrogen) atoms. The maximum atomic E-state index is 12.2. The number of nitrogens with one attached hydrogen (secondary N) is 3. The van der Waals surface area contributed by atoms with E-state index in [1.54, 1.807) is 9.80 Å². The zero-order chi connectivity index (χ0) is 18.8. The molecule has 0 saturated carbocycles. The molecular weight excluding hydrogens is 328 g/mol. The lowest BCUT2D eigenvalue weighted by molar-refractivity contribution is -0.900. The van der Waals surface area contributed by atoms with Crippen LogP contribution in [0.3, 0.4) is 0 Å². The van der Waals surface area contributed by atoms with Gasteiger partial charge in [0.1, 0.15) is 0 Å². The van der Waals surface area contributed by atoms with Crippen molar-refractivity contribution in [3.8, 4) is 0 Å². The molecule has 0 radical (unpaired) electrons. The van der Waals surface area contributed by atoms with E-state index in [1.807, 2.05) is 30.3 Å². The number of amides is 3. The highest BCUT2D eigenvalue weighted by Crippen LogP contribution is 2.20. The van der Waals surface area contributed by atoms with Crippen molar-refractivity contribution in [2.24, 2.45) is 0 Å². The van der Waals surface area contributed by atoms with Gasteiger partial charge in [0.25, 0.3) is 0 Å². The molecule has 1 saturated heterocycles. The number of hydrogen-bond acceptors (Lipinski definition) is 2. The Labute approximate surface area is 156 Å². The minimum absolute atomic E-state index is 0.0554. The maximum absolute atomic E-state index is 12.2. The summed E-state index contributed by atoms with van der Waals surface area (Å²) >= 11 is 0. The molecule has 0 unspecified atom stereocenters. The van der Waals surface area contributed by atoms with Crippen molar-refractivity contribution in [1.29, 1.82) is 0 Å². The smallest absolute Gasteiger partial charge is 0.315 e. The summed E-state index contributed by atoms with van der Waals surface area (Å²) < 4.78 is 0. The van der Waals surface area contributed by atoms with Crippen molar-refractivity contribution in [2.45, 2.75) is 45.6 Å². The van der Waals surface area contributed by atoms with Gasteiger partial charge in [0.15, 0.2) is 0 Å². The zero-order valence-corrected chi connectivity index (χ0v) is 16.1. The lowest BCUT2D eigenvalue weighted by Crippen LogP contribution is -3.12. The molecule has 144 valence electrons. The average molecular weight is 362 g/mol. The Morgan fingerprint density at radius 1 is 1.15 bits per heavy atom. The third-order valence-corrected chi connectivity index (χ3v) is 4.73. The number of carbonyl (C=O) groups excluding carboxylic acids is 2. The third kappa shape index (κ3) is 6.33. The molecule has 1 atom stereocenters. The zero-order valence-electron chi connectivity index (χ0n) is 16.1. The predicted octanol–water partition coefficient (Wildman–Crippen LogP) is 1.19. The van der Waals surface area contributed by atoms with Crippen LogP contribution in [0.2, 0.25) is 0 Å². The number of hydrogen-bond donors (Lipinski definition) is 3. The minimum atomic E-state index is -0.176. The first-order valence-corrected chi connectivity index (χ1v) is 9.87. The summed E-state index contributed by atoms with van der Waals surface area (Å²) in [6.45, 7) is 9.10. The fourth-order valence-electron chi connectivity index (χ4n) is 3.52. The fourth-order valence-corrected chi connectivity index (χ4v) is 3.52. The molecule has 1 heterocycles. The number of nitrogens with zero attached hydrogens (tertiary/aromatic N) is 1. The van der Waals surface area contributed by atoms with Crippen LogP contribution in [0, 0.1) is 0 Å². The lowest BCUT2D eigenvalue weighted by atomic mass is 10.2. The van der Waals surface area contributed by atoms with E-state index < -0.39 is 0 Å². The maximum Gasteiger partial charge on any atom is 0.315 e. The van der Waals surface area contributed by atoms with E-state index in [0.717, 1.165) is 18.7 Å². The summed E-state index contributed by atoms with van der Waals surface area (Å²) in [5.41, 5.74) is 0.886. The van der Waals surface area contributed by atoms with Crippen molar-refractivity contribution in [3.05, 3.63) is 30.3 Å². The second-order valence-corrected chi connectivity index (χ2v) is 6.99. The van der Waals surface area contributed by atoms with Crippen LogP contribution >= 0.6 is 0 Å². The normalized spacial score (nSPS) is 17.0. The van der Waals surface area contributed by atoms with E-state index >= 15 is 0 Å². The first-order chi connectivity index (χ1) is 12.6. The molecule has 0 bridgehead atoms. The molecule has 6 heteroatoms. The van der Waals surface area contributed by atoms with Crippen LogP contribution in [-0.2, 0) is 4.79 Å². The van der Waals surface area contributed by atoms with Gasteiger partial charge in [-0.1, -0.05) is 32.0 Å². The van der Waals surface area contributed by atoms with E-state index in [0.29, 0.717) is 19.5 Å². The van der Waals surface area contributed by atoms with Gasteiger partial charge in [-0.2, -0.15) is 0 Å². The average Bonchev–Trinajstić information content (AvgIpc) is 3.00. The monoisotopic (exact) mass is 361 g/mol. The second-order valence-electron chi connectivity index (χ2n) is 6.99. The van der Waals surface area contributed by atoms with Gasteiger partial charge < -0.3 is 20.4 Å². The topological polar surface area (TPSA) is 65.9 Å². The highest BCUT2D eigenvalue weighted by atomic mass is 16.2. The number of anilines is 1. The fraction of sp³-hybridized carbons (Fsp3) is 0.600. The van der Waals surface area contributed by atoms with Crippen LogP contribution in [0.1, 0.15) is 39.5 Å². The molecule has 1 aliphatic heterocycles. The molecule has 3 amide bonds. The van der Waals surface area contributed by atoms with E-state index in [2.05, 4.69) is 24.5 Å². The van der Waals surface area contributed by atoms with Crippen molar-refractivity contribution >= 4 is 17.6 Å². The molecule has 1 fully saturated rings. The molecular formula is C20H33N4O2+. The molecule has 1 aromatic rings. The Morgan fingerprint density at radius 2 is 1.85 bits per heavy atom. The highest BCUT2D eigenvalue weighted by Gasteiger charge is 2.31. The molecule has 1 aromatic carbocycles. The first-order valence-electron chi connectivity index (χ1n) is 9.87. The van der Waals surface area contributed by atoms with Crippen LogP contribution < -0.4 is 20.4 Å². The van der Waals surface area contributed by atoms with Crippen LogP contribution in [0.4, 0.5) is 10.5 Å². The third-order valence-electron chi connectivity index (χ3n) is 4.73. The predicted molar refractivity (Wildman–Crippen MR) is 104 cm³/mol. The Kier molecular flexibility index (Phi) is 8.41. The first kappa shape index (κ1) is 20.2. The van der Waals surface area contributed by atoms with Gasteiger partial charge in [0.2, 0.25) is 5.91 Å². The molecule has 6 nitrogen and oxygen atoms in total. The summed E-state index contributed by atoms with van der Waals surface area (Å²) in [5, 5.41) is 5.85. The van der Waals surface area contributed by atoms with E-state index in [1.165, 1.54) is 25.9 Å². The number of benzene rings is 1. The van der Waals surface area contributed by atoms with Gasteiger partial charge in [-0.15, -0.1) is 0 Å². The van der Waals surface area contributed by atoms with E-state index in [4.69, 9.17) is 0 Å². The molecule has 3 N–H and O–H groups in total. The van der Waals surface area contributed by atoms with Crippen molar-refractivity contribution in [3.63, 3.8) is 0 Å². The van der Waals surface area contributed by atoms with Crippen molar-refractivity contribution < 1.29 is 14.5 Å². The van der Waals surface area contributed by atoms with Crippen molar-refractivity contribution in [1.82, 2.24) is 10.6 Å². The largest absolute Gasteiger partial charge is 0.338 e. The number of quaternary nitrogens is 1. The van der Waals surface area contributed by atoms with Crippen LogP contribution in [0.15, 0.2) is 30.3 Å². The van der Waals surface area contributed by atoms with Gasteiger partial charge >= 0.3 is 6.03 Å². The Morgan fingerprint density at radius 3 is 2.50 bits per heavy atom. The molecule has 1 aliphatic rings. The molecule has 0 spiro atoms. The highest BCUT2D eigenvalue weighted by molar-refractivity contribution is 5.96. The lowest BCUT2D eigenvalue weighted by Gasteiger charge is -2.19. The Balaban J connectivity index is 1.68. The summed E-state index contributed by atoms with van der Waals surface area (Å²) in [6.07, 6.45) is 3.71. The summed E-state index contributed by atoms with van der Waals surface area (Å²) in [6, 6.07) is 9.28. The number of rotatable bonds is 10. The van der Waals surface area contributed by atoms with E-state index in [-0.39, 0.29) is 18.0 Å². The van der Waals surface area contributed by atoms with Gasteiger partial charge in [-0.25, -0.2) is 4.79 Å². The van der Waals surface area contributed by atoms with Crippen LogP contribution in [-0.4, -0.2) is 50.7 Å². The summed E-state index contributed by atoms with van der Waals surface area (Å²) in [5.74, 6) is 0.0554. The number of urea groups is 1. The van der Waals surface area contributed by atoms with Gasteiger partial charge in [-0.05, 0) is 25.0 Å². The van der Waals surface area contributed by atoms with Gasteiger partial charge in [-0.3, -0.25) is 4.79 Å². The molecule has 0 aromatic heterocycles. The Bertz CT molecular complexity index is 558. The van der Waals surface area contributed by atoms with Crippen LogP contribution in [0.5, 0.6) is 0 Å². The minimum Gasteiger partial charge on any atom is -0.338 e. The standard InChI is InChI=1S/C20H32N4O2/c1-3-12-23(13-4-2)14-8-11-21-20(26)22-17-15-19(25)24(16-17)18-9-6-5-7-10-18/h5-7,9-10,17H,3-4,8,11-16H2,1-2H3,(H2,21,22,26)/p+1/t17-/m1/s1.